The second kappa shape index (κ2) is 10.6. The molecule has 4 rings (SSSR count). The van der Waals surface area contributed by atoms with Crippen LogP contribution in [0, 0.1) is 12.7 Å². The van der Waals surface area contributed by atoms with Gasteiger partial charge >= 0.3 is 0 Å². The molecule has 180 valence electrons. The number of nitrogens with zero attached hydrogens (tertiary/aromatic N) is 5. The molecule has 1 fully saturated rings. The van der Waals surface area contributed by atoms with Crippen LogP contribution in [0.2, 0.25) is 0 Å². The minimum Gasteiger partial charge on any atom is -0.458 e. The van der Waals surface area contributed by atoms with Crippen LogP contribution in [0.3, 0.4) is 0 Å². The van der Waals surface area contributed by atoms with Crippen molar-refractivity contribution in [2.75, 3.05) is 4.90 Å². The lowest BCUT2D eigenvalue weighted by molar-refractivity contribution is -0.127. The molecule has 2 aromatic heterocycles. The van der Waals surface area contributed by atoms with Gasteiger partial charge in [0.1, 0.15) is 24.2 Å². The summed E-state index contributed by atoms with van der Waals surface area (Å²) < 4.78 is 19.6. The van der Waals surface area contributed by atoms with Gasteiger partial charge in [0.2, 0.25) is 11.7 Å². The summed E-state index contributed by atoms with van der Waals surface area (Å²) in [5, 5.41) is 15.2. The zero-order chi connectivity index (χ0) is 24.1. The summed E-state index contributed by atoms with van der Waals surface area (Å²) >= 11 is 0. The highest BCUT2D eigenvalue weighted by Gasteiger charge is 2.33. The van der Waals surface area contributed by atoms with Gasteiger partial charge in [-0.05, 0) is 61.7 Å². The lowest BCUT2D eigenvalue weighted by atomic mass is 10.1. The van der Waals surface area contributed by atoms with Gasteiger partial charge in [0.25, 0.3) is 5.91 Å². The van der Waals surface area contributed by atoms with Crippen LogP contribution in [0.4, 0.5) is 10.1 Å². The molecule has 0 radical (unpaired) electrons. The molecule has 0 spiro atoms. The Morgan fingerprint density at radius 3 is 2.74 bits per heavy atom. The van der Waals surface area contributed by atoms with E-state index in [2.05, 4.69) is 20.7 Å². The summed E-state index contributed by atoms with van der Waals surface area (Å²) in [4.78, 5) is 29.3. The average Bonchev–Trinajstić information content (AvgIpc) is 3.56. The Hall–Kier alpha value is -3.56. The van der Waals surface area contributed by atoms with Gasteiger partial charge in [-0.2, -0.15) is 4.80 Å². The number of carbonyl (C=O) groups is 2. The summed E-state index contributed by atoms with van der Waals surface area (Å²) in [6.07, 6.45) is 5.11. The maximum atomic E-state index is 14.1. The number of rotatable bonds is 9. The van der Waals surface area contributed by atoms with E-state index in [-0.39, 0.29) is 24.3 Å². The minimum atomic E-state index is -0.782. The van der Waals surface area contributed by atoms with Crippen molar-refractivity contribution in [2.24, 2.45) is 0 Å². The molecular formula is C24H29FN6O3. The number of aryl methyl sites for hydroxylation is 1. The third-order valence-corrected chi connectivity index (χ3v) is 5.92. The topological polar surface area (TPSA) is 106 Å². The van der Waals surface area contributed by atoms with Crippen molar-refractivity contribution in [3.8, 4) is 11.6 Å². The molecule has 0 aliphatic heterocycles. The predicted octanol–water partition coefficient (Wildman–Crippen LogP) is 3.64. The van der Waals surface area contributed by atoms with Gasteiger partial charge in [-0.15, -0.1) is 10.2 Å². The van der Waals surface area contributed by atoms with Gasteiger partial charge in [-0.25, -0.2) is 4.39 Å². The van der Waals surface area contributed by atoms with E-state index in [1.165, 1.54) is 23.1 Å². The number of halogens is 1. The molecule has 1 N–H and O–H groups in total. The maximum absolute atomic E-state index is 14.1. The number of nitrogens with one attached hydrogen (secondary N) is 1. The fraction of sp³-hybridized carbons (Fsp3) is 0.458. The largest absolute Gasteiger partial charge is 0.458 e. The van der Waals surface area contributed by atoms with Crippen LogP contribution in [0.1, 0.15) is 51.2 Å². The first-order chi connectivity index (χ1) is 16.4. The maximum Gasteiger partial charge on any atom is 0.251 e. The molecule has 34 heavy (non-hydrogen) atoms. The van der Waals surface area contributed by atoms with Crippen molar-refractivity contribution in [3.05, 3.63) is 48.0 Å². The molecule has 0 saturated heterocycles. The van der Waals surface area contributed by atoms with Crippen molar-refractivity contribution in [1.82, 2.24) is 25.5 Å². The van der Waals surface area contributed by atoms with E-state index >= 15 is 0 Å². The van der Waals surface area contributed by atoms with Crippen LogP contribution in [0.25, 0.3) is 11.6 Å². The summed E-state index contributed by atoms with van der Waals surface area (Å²) in [6, 6.07) is 8.54. The number of hydrogen-bond donors (Lipinski definition) is 1. The lowest BCUT2D eigenvalue weighted by Gasteiger charge is -2.31. The van der Waals surface area contributed by atoms with E-state index in [4.69, 9.17) is 4.42 Å². The van der Waals surface area contributed by atoms with Gasteiger partial charge in [0.05, 0.1) is 0 Å². The zero-order valence-corrected chi connectivity index (χ0v) is 19.4. The molecule has 1 saturated carbocycles. The fourth-order valence-electron chi connectivity index (χ4n) is 4.30. The molecule has 1 unspecified atom stereocenters. The highest BCUT2D eigenvalue weighted by molar-refractivity contribution is 6.00. The average molecular weight is 469 g/mol. The monoisotopic (exact) mass is 468 g/mol. The van der Waals surface area contributed by atoms with Crippen LogP contribution >= 0.6 is 0 Å². The minimum absolute atomic E-state index is 0.104. The van der Waals surface area contributed by atoms with Crippen LogP contribution in [-0.2, 0) is 16.1 Å². The van der Waals surface area contributed by atoms with Gasteiger partial charge in [0.15, 0.2) is 5.76 Å². The Balaban J connectivity index is 1.60. The quantitative estimate of drug-likeness (QED) is 0.514. The molecule has 1 aromatic carbocycles. The highest BCUT2D eigenvalue weighted by atomic mass is 19.1. The number of amides is 2. The smallest absolute Gasteiger partial charge is 0.251 e. The molecule has 9 nitrogen and oxygen atoms in total. The standard InChI is InChI=1S/C24H29FN6O3/c1-3-7-20(24(33)26-18-9-4-5-10-18)31(19-11-6-8-17(25)14-19)22(32)15-30-28-23(27-29-30)21-13-12-16(2)34-21/h6,8,11-14,18,20H,3-5,7,9-10,15H2,1-2H3,(H,26,33). The second-order valence-electron chi connectivity index (χ2n) is 8.59. The fourth-order valence-corrected chi connectivity index (χ4v) is 4.30. The number of aromatic nitrogens is 4. The SMILES string of the molecule is CCCC(C(=O)NC1CCCC1)N(C(=O)Cn1nnc(-c2ccc(C)o2)n1)c1cccc(F)c1. The molecule has 2 heterocycles. The Kier molecular flexibility index (Phi) is 7.34. The third kappa shape index (κ3) is 5.49. The summed E-state index contributed by atoms with van der Waals surface area (Å²) in [5.74, 6) is 0.238. The molecular weight excluding hydrogens is 439 g/mol. The summed E-state index contributed by atoms with van der Waals surface area (Å²) in [6.45, 7) is 3.49. The first-order valence-corrected chi connectivity index (χ1v) is 11.7. The van der Waals surface area contributed by atoms with Gasteiger partial charge in [-0.3, -0.25) is 14.5 Å². The Morgan fingerprint density at radius 1 is 1.26 bits per heavy atom. The van der Waals surface area contributed by atoms with Crippen LogP contribution in [-0.4, -0.2) is 44.1 Å². The van der Waals surface area contributed by atoms with E-state index in [1.54, 1.807) is 25.1 Å². The van der Waals surface area contributed by atoms with Crippen molar-refractivity contribution in [1.29, 1.82) is 0 Å². The molecule has 10 heteroatoms. The zero-order valence-electron chi connectivity index (χ0n) is 19.4. The van der Waals surface area contributed by atoms with Crippen LogP contribution in [0.5, 0.6) is 0 Å². The van der Waals surface area contributed by atoms with Crippen molar-refractivity contribution in [2.45, 2.75) is 71.0 Å². The Morgan fingerprint density at radius 2 is 2.06 bits per heavy atom. The van der Waals surface area contributed by atoms with Gasteiger partial charge in [-0.1, -0.05) is 32.3 Å². The first-order valence-electron chi connectivity index (χ1n) is 11.7. The Labute approximate surface area is 197 Å². The number of tetrazole rings is 1. The highest BCUT2D eigenvalue weighted by Crippen LogP contribution is 2.24. The number of anilines is 1. The van der Waals surface area contributed by atoms with E-state index in [0.717, 1.165) is 30.5 Å². The van der Waals surface area contributed by atoms with Crippen molar-refractivity contribution in [3.63, 3.8) is 0 Å². The van der Waals surface area contributed by atoms with Crippen LogP contribution in [0.15, 0.2) is 40.8 Å². The van der Waals surface area contributed by atoms with E-state index in [0.29, 0.717) is 30.0 Å². The molecule has 3 aromatic rings. The van der Waals surface area contributed by atoms with Crippen LogP contribution < -0.4 is 10.2 Å². The second-order valence-corrected chi connectivity index (χ2v) is 8.59. The molecule has 1 aliphatic rings. The van der Waals surface area contributed by atoms with E-state index in [9.17, 15) is 14.0 Å². The van der Waals surface area contributed by atoms with E-state index < -0.39 is 17.8 Å². The number of carbonyl (C=O) groups excluding carboxylic acids is 2. The number of benzene rings is 1. The van der Waals surface area contributed by atoms with E-state index in [1.807, 2.05) is 6.92 Å². The summed E-state index contributed by atoms with van der Waals surface area (Å²) in [5.41, 5.74) is 0.312. The summed E-state index contributed by atoms with van der Waals surface area (Å²) in [7, 11) is 0. The first kappa shape index (κ1) is 23.6. The normalized spacial score (nSPS) is 14.8. The predicted molar refractivity (Wildman–Crippen MR) is 123 cm³/mol. The van der Waals surface area contributed by atoms with Gasteiger partial charge < -0.3 is 9.73 Å². The molecule has 1 aliphatic carbocycles. The van der Waals surface area contributed by atoms with Crippen molar-refractivity contribution < 1.29 is 18.4 Å². The van der Waals surface area contributed by atoms with Gasteiger partial charge in [0, 0.05) is 11.7 Å². The molecule has 1 atom stereocenters. The number of furan rings is 1. The molecule has 0 bridgehead atoms. The third-order valence-electron chi connectivity index (χ3n) is 5.92. The molecule has 2 amide bonds. The Bertz CT molecular complexity index is 1140. The lowest BCUT2D eigenvalue weighted by Crippen LogP contribution is -2.52. The van der Waals surface area contributed by atoms with Crippen molar-refractivity contribution >= 4 is 17.5 Å². The number of hydrogen-bond acceptors (Lipinski definition) is 6.